The van der Waals surface area contributed by atoms with Gasteiger partial charge in [-0.05, 0) is 37.6 Å². The highest BCUT2D eigenvalue weighted by molar-refractivity contribution is 5.95. The van der Waals surface area contributed by atoms with Gasteiger partial charge in [-0.25, -0.2) is 13.8 Å². The Morgan fingerprint density at radius 3 is 2.58 bits per heavy atom. The number of hydrogen-bond acceptors (Lipinski definition) is 6. The van der Waals surface area contributed by atoms with E-state index in [1.165, 1.54) is 17.6 Å². The average Bonchev–Trinajstić information content (AvgIpc) is 3.06. The molecule has 0 bridgehead atoms. The molecular formula is C21H22F2N4O4. The van der Waals surface area contributed by atoms with Gasteiger partial charge in [0, 0.05) is 12.7 Å². The number of aryl methyl sites for hydroxylation is 2. The fourth-order valence-corrected chi connectivity index (χ4v) is 3.08. The molecule has 3 N–H and O–H groups in total. The highest BCUT2D eigenvalue weighted by Gasteiger charge is 2.22. The van der Waals surface area contributed by atoms with Gasteiger partial charge in [0.05, 0.1) is 18.4 Å². The maximum absolute atomic E-state index is 13.9. The summed E-state index contributed by atoms with van der Waals surface area (Å²) in [5, 5.41) is 2.58. The Hall–Kier alpha value is -3.53. The fraction of sp³-hybridized carbons (Fsp3) is 0.286. The molecule has 1 amide bonds. The molecule has 0 aliphatic rings. The average molecular weight is 432 g/mol. The lowest BCUT2D eigenvalue weighted by molar-refractivity contribution is -0.141. The number of hydrogen-bond donors (Lipinski definition) is 2. The normalized spacial score (nSPS) is 11.9. The summed E-state index contributed by atoms with van der Waals surface area (Å²) in [6.07, 6.45) is 1.68. The van der Waals surface area contributed by atoms with Crippen LogP contribution in [0.2, 0.25) is 0 Å². The quantitative estimate of drug-likeness (QED) is 0.553. The van der Waals surface area contributed by atoms with E-state index in [4.69, 9.17) is 10.5 Å². The van der Waals surface area contributed by atoms with E-state index < -0.39 is 29.6 Å². The van der Waals surface area contributed by atoms with E-state index in [1.54, 1.807) is 26.1 Å². The monoisotopic (exact) mass is 432 g/mol. The number of rotatable bonds is 7. The van der Waals surface area contributed by atoms with Crippen LogP contribution in [-0.2, 0) is 16.1 Å². The number of halogens is 2. The predicted molar refractivity (Wildman–Crippen MR) is 108 cm³/mol. The topological polar surface area (TPSA) is 108 Å². The van der Waals surface area contributed by atoms with E-state index in [0.717, 1.165) is 17.7 Å². The van der Waals surface area contributed by atoms with Gasteiger partial charge in [-0.15, -0.1) is 0 Å². The van der Waals surface area contributed by atoms with E-state index in [1.807, 2.05) is 0 Å². The van der Waals surface area contributed by atoms with Crippen LogP contribution in [-0.4, -0.2) is 41.0 Å². The standard InChI is InChI=1S/C21H22F2N4O4/c1-11-7-17(31-10-13-14(22)5-4-6-15(13)23)19-26-12(2)18(27(19)9-11)20(28)25-8-16(24)21(29)30-3/h4-7,9,16H,8,10,24H2,1-3H3,(H,25,28)/t16-/m0/s1. The number of pyridine rings is 1. The fourth-order valence-electron chi connectivity index (χ4n) is 3.08. The number of imidazole rings is 1. The predicted octanol–water partition coefficient (Wildman–Crippen LogP) is 2.04. The van der Waals surface area contributed by atoms with Gasteiger partial charge in [-0.2, -0.15) is 0 Å². The molecule has 2 heterocycles. The van der Waals surface area contributed by atoms with Crippen molar-refractivity contribution in [1.82, 2.24) is 14.7 Å². The van der Waals surface area contributed by atoms with Gasteiger partial charge in [0.1, 0.15) is 30.0 Å². The molecule has 0 saturated carbocycles. The highest BCUT2D eigenvalue weighted by Crippen LogP contribution is 2.26. The number of aromatic nitrogens is 2. The Morgan fingerprint density at radius 1 is 1.26 bits per heavy atom. The molecule has 0 fully saturated rings. The third-order valence-corrected chi connectivity index (χ3v) is 4.63. The second kappa shape index (κ2) is 9.09. The number of nitrogens with zero attached hydrogens (tertiary/aromatic N) is 2. The van der Waals surface area contributed by atoms with Crippen molar-refractivity contribution in [1.29, 1.82) is 0 Å². The lowest BCUT2D eigenvalue weighted by Crippen LogP contribution is -2.43. The molecule has 0 saturated heterocycles. The highest BCUT2D eigenvalue weighted by atomic mass is 19.1. The largest absolute Gasteiger partial charge is 0.485 e. The van der Waals surface area contributed by atoms with Crippen molar-refractivity contribution in [3.8, 4) is 5.75 Å². The van der Waals surface area contributed by atoms with Gasteiger partial charge in [0.25, 0.3) is 5.91 Å². The number of ether oxygens (including phenoxy) is 2. The van der Waals surface area contributed by atoms with Crippen LogP contribution in [0.3, 0.4) is 0 Å². The van der Waals surface area contributed by atoms with Crippen LogP contribution in [0.1, 0.15) is 27.3 Å². The minimum Gasteiger partial charge on any atom is -0.485 e. The van der Waals surface area contributed by atoms with Crippen LogP contribution >= 0.6 is 0 Å². The smallest absolute Gasteiger partial charge is 0.324 e. The number of nitrogens with two attached hydrogens (primary N) is 1. The zero-order chi connectivity index (χ0) is 22.7. The summed E-state index contributed by atoms with van der Waals surface area (Å²) in [6, 6.07) is 4.22. The molecule has 3 aromatic rings. The second-order valence-electron chi connectivity index (χ2n) is 6.95. The zero-order valence-electron chi connectivity index (χ0n) is 17.2. The van der Waals surface area contributed by atoms with Crippen LogP contribution in [0.5, 0.6) is 5.75 Å². The van der Waals surface area contributed by atoms with E-state index in [9.17, 15) is 18.4 Å². The van der Waals surface area contributed by atoms with Gasteiger partial charge in [0.2, 0.25) is 0 Å². The Morgan fingerprint density at radius 2 is 1.94 bits per heavy atom. The molecule has 10 heteroatoms. The summed E-state index contributed by atoms with van der Waals surface area (Å²) in [6.45, 7) is 2.94. The molecule has 3 rings (SSSR count). The van der Waals surface area contributed by atoms with Crippen molar-refractivity contribution in [2.75, 3.05) is 13.7 Å². The zero-order valence-corrected chi connectivity index (χ0v) is 17.2. The van der Waals surface area contributed by atoms with Gasteiger partial charge in [0.15, 0.2) is 11.4 Å². The Labute approximate surface area is 177 Å². The summed E-state index contributed by atoms with van der Waals surface area (Å²) < 4.78 is 39.6. The minimum atomic E-state index is -1.01. The summed E-state index contributed by atoms with van der Waals surface area (Å²) in [4.78, 5) is 28.5. The minimum absolute atomic E-state index is 0.125. The second-order valence-corrected chi connectivity index (χ2v) is 6.95. The summed E-state index contributed by atoms with van der Waals surface area (Å²) in [5.41, 5.74) is 7.10. The number of methoxy groups -OCH3 is 1. The number of esters is 1. The number of nitrogens with one attached hydrogen (secondary N) is 1. The Balaban J connectivity index is 1.89. The number of benzene rings is 1. The first-order chi connectivity index (χ1) is 14.7. The molecule has 8 nitrogen and oxygen atoms in total. The molecule has 31 heavy (non-hydrogen) atoms. The van der Waals surface area contributed by atoms with Gasteiger partial charge in [-0.3, -0.25) is 14.0 Å². The van der Waals surface area contributed by atoms with Gasteiger partial charge >= 0.3 is 5.97 Å². The van der Waals surface area contributed by atoms with Crippen LogP contribution in [0, 0.1) is 25.5 Å². The van der Waals surface area contributed by atoms with Crippen molar-refractivity contribution in [3.05, 3.63) is 64.6 Å². The van der Waals surface area contributed by atoms with Crippen molar-refractivity contribution < 1.29 is 27.8 Å². The van der Waals surface area contributed by atoms with E-state index in [0.29, 0.717) is 11.3 Å². The Kier molecular flexibility index (Phi) is 6.50. The number of amides is 1. The SMILES string of the molecule is COC(=O)[C@@H](N)CNC(=O)c1c(C)nc2c(OCc3c(F)cccc3F)cc(C)cn12. The molecule has 164 valence electrons. The molecule has 0 spiro atoms. The van der Waals surface area contributed by atoms with Crippen LogP contribution in [0.15, 0.2) is 30.5 Å². The maximum atomic E-state index is 13.9. The summed E-state index contributed by atoms with van der Waals surface area (Å²) >= 11 is 0. The summed E-state index contributed by atoms with van der Waals surface area (Å²) in [7, 11) is 1.20. The van der Waals surface area contributed by atoms with Crippen molar-refractivity contribution >= 4 is 17.5 Å². The molecular weight excluding hydrogens is 410 g/mol. The Bertz CT molecular complexity index is 1130. The van der Waals surface area contributed by atoms with Gasteiger partial charge in [-0.1, -0.05) is 6.07 Å². The van der Waals surface area contributed by atoms with Crippen molar-refractivity contribution in [2.24, 2.45) is 5.73 Å². The molecule has 0 aliphatic carbocycles. The molecule has 1 atom stereocenters. The first-order valence-electron chi connectivity index (χ1n) is 9.39. The molecule has 0 radical (unpaired) electrons. The van der Waals surface area contributed by atoms with Crippen LogP contribution < -0.4 is 15.8 Å². The van der Waals surface area contributed by atoms with E-state index >= 15 is 0 Å². The van der Waals surface area contributed by atoms with Gasteiger partial charge < -0.3 is 20.5 Å². The third-order valence-electron chi connectivity index (χ3n) is 4.63. The molecule has 0 unspecified atom stereocenters. The first-order valence-corrected chi connectivity index (χ1v) is 9.39. The molecule has 0 aliphatic heterocycles. The lowest BCUT2D eigenvalue weighted by atomic mass is 10.2. The van der Waals surface area contributed by atoms with E-state index in [2.05, 4.69) is 15.0 Å². The number of fused-ring (bicyclic) bond motifs is 1. The number of carbonyl (C=O) groups is 2. The molecule has 2 aromatic heterocycles. The third kappa shape index (κ3) is 4.64. The van der Waals surface area contributed by atoms with Crippen molar-refractivity contribution in [3.63, 3.8) is 0 Å². The number of carbonyl (C=O) groups excluding carboxylic acids is 2. The van der Waals surface area contributed by atoms with Crippen LogP contribution in [0.4, 0.5) is 8.78 Å². The van der Waals surface area contributed by atoms with Crippen LogP contribution in [0.25, 0.3) is 5.65 Å². The first kappa shape index (κ1) is 22.2. The van der Waals surface area contributed by atoms with Crippen molar-refractivity contribution in [2.45, 2.75) is 26.5 Å². The lowest BCUT2D eigenvalue weighted by Gasteiger charge is -2.12. The summed E-state index contributed by atoms with van der Waals surface area (Å²) in [5.74, 6) is -2.32. The maximum Gasteiger partial charge on any atom is 0.324 e. The van der Waals surface area contributed by atoms with E-state index in [-0.39, 0.29) is 30.2 Å². The molecule has 1 aromatic carbocycles.